The van der Waals surface area contributed by atoms with Crippen LogP contribution in [-0.4, -0.2) is 7.05 Å². The van der Waals surface area contributed by atoms with Crippen molar-refractivity contribution in [3.8, 4) is 47.4 Å². The lowest BCUT2D eigenvalue weighted by Crippen LogP contribution is -2.04. The van der Waals surface area contributed by atoms with Crippen molar-refractivity contribution < 1.29 is 0 Å². The van der Waals surface area contributed by atoms with Gasteiger partial charge in [0.25, 0.3) is 0 Å². The second kappa shape index (κ2) is 18.1. The molecule has 0 amide bonds. The average molecular weight is 834 g/mol. The minimum Gasteiger partial charge on any atom is -0.316 e. The zero-order valence-electron chi connectivity index (χ0n) is 38.6. The highest BCUT2D eigenvalue weighted by molar-refractivity contribution is 6.10. The van der Waals surface area contributed by atoms with Crippen molar-refractivity contribution >= 4 is 43.1 Å². The molecule has 9 rings (SSSR count). The molecule has 0 atom stereocenters. The monoisotopic (exact) mass is 833 g/mol. The normalized spacial score (nSPS) is 10.8. The number of nitrogens with one attached hydrogen (secondary N) is 1. The van der Waals surface area contributed by atoms with Crippen molar-refractivity contribution in [2.24, 2.45) is 0 Å². The van der Waals surface area contributed by atoms with Crippen LogP contribution in [0.4, 0.5) is 0 Å². The van der Waals surface area contributed by atoms with Crippen LogP contribution in [0.3, 0.4) is 0 Å². The summed E-state index contributed by atoms with van der Waals surface area (Å²) in [5, 5.41) is 12.5. The molecule has 0 spiro atoms. The first kappa shape index (κ1) is 42.5. The van der Waals surface area contributed by atoms with Gasteiger partial charge in [0, 0.05) is 51.1 Å². The first-order valence-corrected chi connectivity index (χ1v) is 22.5. The summed E-state index contributed by atoms with van der Waals surface area (Å²) in [4.78, 5) is 0. The second-order valence-corrected chi connectivity index (χ2v) is 17.3. The van der Waals surface area contributed by atoms with Crippen molar-refractivity contribution in [2.75, 3.05) is 7.05 Å². The molecule has 1 N–H and O–H groups in total. The van der Waals surface area contributed by atoms with Gasteiger partial charge in [0.15, 0.2) is 0 Å². The molecule has 0 radical (unpaired) electrons. The molecule has 0 heterocycles. The zero-order chi connectivity index (χ0) is 45.2. The number of hydrogen-bond donors (Lipinski definition) is 1. The lowest BCUT2D eigenvalue weighted by atomic mass is 9.90. The van der Waals surface area contributed by atoms with Crippen LogP contribution < -0.4 is 5.32 Å². The molecule has 0 bridgehead atoms. The lowest BCUT2D eigenvalue weighted by Gasteiger charge is -2.13. The van der Waals surface area contributed by atoms with Crippen LogP contribution in [0.25, 0.3) is 43.1 Å². The molecule has 312 valence electrons. The van der Waals surface area contributed by atoms with Gasteiger partial charge in [0.1, 0.15) is 0 Å². The topological polar surface area (TPSA) is 12.0 Å². The first-order valence-electron chi connectivity index (χ1n) is 22.5. The molecule has 1 nitrogen and oxygen atoms in total. The maximum Gasteiger partial charge on any atom is 0.0406 e. The third-order valence-electron chi connectivity index (χ3n) is 12.7. The van der Waals surface area contributed by atoms with E-state index in [1.165, 1.54) is 43.8 Å². The summed E-state index contributed by atoms with van der Waals surface area (Å²) in [6, 6.07) is 47.8. The molecule has 65 heavy (non-hydrogen) atoms. The average Bonchev–Trinajstić information content (AvgIpc) is 3.31. The van der Waals surface area contributed by atoms with Gasteiger partial charge >= 0.3 is 0 Å². The molecule has 0 aliphatic heterocycles. The molecule has 0 unspecified atom stereocenters. The van der Waals surface area contributed by atoms with E-state index in [1.54, 1.807) is 0 Å². The SMILES string of the molecule is CCc1ccc(C#Cc2cc(C#Cc3c4ccccc4c(C#Cc4cc(C#Cc5c6ccccc6c(C)c6cc(CNC)ccc56)c(C)cc4C)c4ccc(C)cc34)c(C)cc2C)cc1. The van der Waals surface area contributed by atoms with Crippen molar-refractivity contribution in [1.82, 2.24) is 5.32 Å². The van der Waals surface area contributed by atoms with Crippen LogP contribution in [0.2, 0.25) is 0 Å². The van der Waals surface area contributed by atoms with Gasteiger partial charge in [0.2, 0.25) is 0 Å². The Bertz CT molecular complexity index is 3660. The predicted octanol–water partition coefficient (Wildman–Crippen LogP) is 14.0. The van der Waals surface area contributed by atoms with Gasteiger partial charge in [-0.2, -0.15) is 0 Å². The molecule has 9 aromatic rings. The summed E-state index contributed by atoms with van der Waals surface area (Å²) >= 11 is 0. The van der Waals surface area contributed by atoms with Crippen LogP contribution in [0, 0.1) is 88.9 Å². The van der Waals surface area contributed by atoms with Crippen LogP contribution in [0.5, 0.6) is 0 Å². The molecule has 0 fully saturated rings. The largest absolute Gasteiger partial charge is 0.316 e. The molecule has 0 aromatic heterocycles. The maximum atomic E-state index is 3.69. The van der Waals surface area contributed by atoms with Gasteiger partial charge in [-0.15, -0.1) is 0 Å². The minimum absolute atomic E-state index is 0.819. The summed E-state index contributed by atoms with van der Waals surface area (Å²) in [6.45, 7) is 15.9. The fourth-order valence-corrected chi connectivity index (χ4v) is 9.04. The summed E-state index contributed by atoms with van der Waals surface area (Å²) < 4.78 is 0. The molecule has 9 aromatic carbocycles. The molecule has 0 aliphatic carbocycles. The van der Waals surface area contributed by atoms with E-state index in [1.807, 2.05) is 7.05 Å². The standard InChI is InChI=1S/C64H51N/c1-9-47-19-21-48(22-20-47)23-25-50-38-53(43(4)35-42(50)3)28-33-62-57-17-13-12-16-56(57)59(61-29-18-41(2)34-64(61)62)32-27-52-39-51(44(5)36-45(52)6)26-31-58-55-15-11-10-14-54(55)46(7)63-37-49(40-65-8)24-30-60(58)63/h10-22,24,29-30,34-39,65H,9,40H2,1-8H3. The minimum atomic E-state index is 0.819. The van der Waals surface area contributed by atoms with Crippen LogP contribution >= 0.6 is 0 Å². The number of benzene rings is 9. The Balaban J connectivity index is 1.13. The van der Waals surface area contributed by atoms with E-state index >= 15 is 0 Å². The Hall–Kier alpha value is -7.78. The Labute approximate surface area is 385 Å². The molecule has 0 aliphatic rings. The molecule has 1 heteroatoms. The highest BCUT2D eigenvalue weighted by Gasteiger charge is 2.14. The molecule has 0 saturated heterocycles. The second-order valence-electron chi connectivity index (χ2n) is 17.3. The third kappa shape index (κ3) is 8.53. The summed E-state index contributed by atoms with van der Waals surface area (Å²) in [5.74, 6) is 28.7. The maximum absolute atomic E-state index is 3.69. The molecule has 0 saturated carbocycles. The third-order valence-corrected chi connectivity index (χ3v) is 12.7. The van der Waals surface area contributed by atoms with Gasteiger partial charge < -0.3 is 5.32 Å². The lowest BCUT2D eigenvalue weighted by molar-refractivity contribution is 0.819. The quantitative estimate of drug-likeness (QED) is 0.138. The van der Waals surface area contributed by atoms with E-state index in [0.29, 0.717) is 0 Å². The van der Waals surface area contributed by atoms with Gasteiger partial charge in [-0.1, -0.05) is 163 Å². The fourth-order valence-electron chi connectivity index (χ4n) is 9.04. The number of rotatable bonds is 3. The van der Waals surface area contributed by atoms with Crippen LogP contribution in [0.1, 0.15) is 95.9 Å². The highest BCUT2D eigenvalue weighted by atomic mass is 14.8. The number of fused-ring (bicyclic) bond motifs is 4. The van der Waals surface area contributed by atoms with Crippen LogP contribution in [-0.2, 0) is 13.0 Å². The Kier molecular flexibility index (Phi) is 11.9. The fraction of sp³-hybridized carbons (Fsp3) is 0.156. The Morgan fingerprint density at radius 2 is 0.800 bits per heavy atom. The van der Waals surface area contributed by atoms with Gasteiger partial charge in [-0.05, 0) is 167 Å². The van der Waals surface area contributed by atoms with E-state index in [2.05, 4.69) is 235 Å². The molecular formula is C64H51N. The summed E-state index contributed by atoms with van der Waals surface area (Å²) in [7, 11) is 1.99. The van der Waals surface area contributed by atoms with Crippen molar-refractivity contribution in [1.29, 1.82) is 0 Å². The smallest absolute Gasteiger partial charge is 0.0406 e. The van der Waals surface area contributed by atoms with E-state index in [-0.39, 0.29) is 0 Å². The van der Waals surface area contributed by atoms with E-state index in [0.717, 1.165) is 101 Å². The van der Waals surface area contributed by atoms with E-state index in [4.69, 9.17) is 0 Å². The van der Waals surface area contributed by atoms with E-state index < -0.39 is 0 Å². The van der Waals surface area contributed by atoms with Gasteiger partial charge in [-0.3, -0.25) is 0 Å². The van der Waals surface area contributed by atoms with Gasteiger partial charge in [0.05, 0.1) is 0 Å². The van der Waals surface area contributed by atoms with Crippen LogP contribution in [0.15, 0.2) is 133 Å². The molecular weight excluding hydrogens is 783 g/mol. The van der Waals surface area contributed by atoms with Crippen molar-refractivity contribution in [2.45, 2.75) is 61.4 Å². The van der Waals surface area contributed by atoms with Crippen molar-refractivity contribution in [3.63, 3.8) is 0 Å². The van der Waals surface area contributed by atoms with Crippen molar-refractivity contribution in [3.05, 3.63) is 222 Å². The number of hydrogen-bond acceptors (Lipinski definition) is 1. The Morgan fingerprint density at radius 1 is 0.369 bits per heavy atom. The Morgan fingerprint density at radius 3 is 1.32 bits per heavy atom. The summed E-state index contributed by atoms with van der Waals surface area (Å²) in [5.41, 5.74) is 17.6. The predicted molar refractivity (Wildman–Crippen MR) is 277 cm³/mol. The first-order chi connectivity index (χ1) is 31.6. The number of aryl methyl sites for hydroxylation is 7. The highest BCUT2D eigenvalue weighted by Crippen LogP contribution is 2.35. The van der Waals surface area contributed by atoms with E-state index in [9.17, 15) is 0 Å². The summed E-state index contributed by atoms with van der Waals surface area (Å²) in [6.07, 6.45) is 1.02. The van der Waals surface area contributed by atoms with Gasteiger partial charge in [-0.25, -0.2) is 0 Å². The zero-order valence-corrected chi connectivity index (χ0v) is 38.6.